The van der Waals surface area contributed by atoms with Crippen molar-refractivity contribution in [3.63, 3.8) is 0 Å². The summed E-state index contributed by atoms with van der Waals surface area (Å²) >= 11 is 0. The van der Waals surface area contributed by atoms with Gasteiger partial charge < -0.3 is 14.1 Å². The molecule has 0 aliphatic heterocycles. The molecule has 0 unspecified atom stereocenters. The molecule has 0 atom stereocenters. The van der Waals surface area contributed by atoms with Crippen molar-refractivity contribution in [1.82, 2.24) is 23.9 Å². The van der Waals surface area contributed by atoms with Crippen molar-refractivity contribution in [3.05, 3.63) is 79.8 Å². The number of aryl methyl sites for hydroxylation is 1. The van der Waals surface area contributed by atoms with E-state index in [0.717, 1.165) is 33.8 Å². The van der Waals surface area contributed by atoms with Gasteiger partial charge in [0.05, 0.1) is 11.2 Å². The molecule has 0 saturated carbocycles. The van der Waals surface area contributed by atoms with Crippen LogP contribution < -0.4 is 0 Å². The molecule has 6 heteroatoms. The van der Waals surface area contributed by atoms with Gasteiger partial charge in [0.25, 0.3) is 0 Å². The molecule has 0 aliphatic rings. The van der Waals surface area contributed by atoms with Crippen LogP contribution in [0.1, 0.15) is 0 Å². The molecular weight excluding hydrogens is 350 g/mol. The summed E-state index contributed by atoms with van der Waals surface area (Å²) < 4.78 is 3.86. The SMILES string of the molecule is Cn1ccnc1-c1cc(O)c2c(-c3ccccn3)c(-c3cccnc3)cn2c1. The van der Waals surface area contributed by atoms with E-state index >= 15 is 0 Å². The Kier molecular flexibility index (Phi) is 3.69. The number of aromatic hydroxyl groups is 1. The van der Waals surface area contributed by atoms with Crippen LogP contribution in [0.25, 0.3) is 39.3 Å². The van der Waals surface area contributed by atoms with Crippen LogP contribution in [0, 0.1) is 0 Å². The number of rotatable bonds is 3. The number of pyridine rings is 3. The summed E-state index contributed by atoms with van der Waals surface area (Å²) in [5.41, 5.74) is 5.12. The van der Waals surface area contributed by atoms with E-state index in [0.29, 0.717) is 5.52 Å². The fraction of sp³-hybridized carbons (Fsp3) is 0.0455. The standard InChI is InChI=1S/C22H17N5O/c1-26-10-9-25-22(26)16-11-19(28)21-20(18-6-2-3-8-24-18)17(14-27(21)13-16)15-5-4-7-23-12-15/h2-14,28H,1H3. The quantitative estimate of drug-likeness (QED) is 0.520. The first-order valence-corrected chi connectivity index (χ1v) is 8.89. The zero-order valence-corrected chi connectivity index (χ0v) is 15.2. The molecule has 0 amide bonds. The van der Waals surface area contributed by atoms with Crippen LogP contribution in [-0.2, 0) is 7.05 Å². The van der Waals surface area contributed by atoms with Crippen molar-refractivity contribution < 1.29 is 5.11 Å². The van der Waals surface area contributed by atoms with Crippen LogP contribution in [0.15, 0.2) is 79.8 Å². The van der Waals surface area contributed by atoms with Gasteiger partial charge in [-0.3, -0.25) is 9.97 Å². The van der Waals surface area contributed by atoms with E-state index in [1.165, 1.54) is 0 Å². The van der Waals surface area contributed by atoms with Gasteiger partial charge >= 0.3 is 0 Å². The topological polar surface area (TPSA) is 68.2 Å². The number of hydrogen-bond acceptors (Lipinski definition) is 4. The Morgan fingerprint density at radius 3 is 2.57 bits per heavy atom. The molecule has 0 aromatic carbocycles. The third-order valence-corrected chi connectivity index (χ3v) is 4.82. The molecule has 0 radical (unpaired) electrons. The maximum absolute atomic E-state index is 10.9. The van der Waals surface area contributed by atoms with Gasteiger partial charge in [-0.1, -0.05) is 12.1 Å². The minimum Gasteiger partial charge on any atom is -0.506 e. The predicted molar refractivity (Wildman–Crippen MR) is 108 cm³/mol. The molecule has 136 valence electrons. The second-order valence-corrected chi connectivity index (χ2v) is 6.61. The molecule has 5 aromatic rings. The summed E-state index contributed by atoms with van der Waals surface area (Å²) in [6.07, 6.45) is 12.9. The molecular formula is C22H17N5O. The average Bonchev–Trinajstić information content (AvgIpc) is 3.33. The van der Waals surface area contributed by atoms with Crippen molar-refractivity contribution >= 4 is 5.52 Å². The normalized spacial score (nSPS) is 11.2. The van der Waals surface area contributed by atoms with Gasteiger partial charge in [0.15, 0.2) is 0 Å². The molecule has 0 bridgehead atoms. The van der Waals surface area contributed by atoms with Crippen LogP contribution in [0.5, 0.6) is 5.75 Å². The second-order valence-electron chi connectivity index (χ2n) is 6.61. The lowest BCUT2D eigenvalue weighted by Crippen LogP contribution is -1.94. The summed E-state index contributed by atoms with van der Waals surface area (Å²) in [4.78, 5) is 13.2. The molecule has 0 spiro atoms. The van der Waals surface area contributed by atoms with E-state index < -0.39 is 0 Å². The predicted octanol–water partition coefficient (Wildman–Crippen LogP) is 4.17. The monoisotopic (exact) mass is 367 g/mol. The highest BCUT2D eigenvalue weighted by Gasteiger charge is 2.20. The van der Waals surface area contributed by atoms with Crippen molar-refractivity contribution in [3.8, 4) is 39.5 Å². The lowest BCUT2D eigenvalue weighted by molar-refractivity contribution is 0.479. The van der Waals surface area contributed by atoms with Crippen molar-refractivity contribution in [2.24, 2.45) is 7.05 Å². The van der Waals surface area contributed by atoms with Crippen molar-refractivity contribution in [2.45, 2.75) is 0 Å². The molecule has 5 rings (SSSR count). The summed E-state index contributed by atoms with van der Waals surface area (Å²) in [6.45, 7) is 0. The smallest absolute Gasteiger partial charge is 0.141 e. The maximum Gasteiger partial charge on any atom is 0.141 e. The Morgan fingerprint density at radius 2 is 1.86 bits per heavy atom. The fourth-order valence-corrected chi connectivity index (χ4v) is 3.57. The Balaban J connectivity index is 1.84. The highest BCUT2D eigenvalue weighted by atomic mass is 16.3. The summed E-state index contributed by atoms with van der Waals surface area (Å²) in [5.74, 6) is 0.963. The minimum absolute atomic E-state index is 0.177. The van der Waals surface area contributed by atoms with Gasteiger partial charge in [-0.25, -0.2) is 4.98 Å². The van der Waals surface area contributed by atoms with Gasteiger partial charge in [0.1, 0.15) is 11.6 Å². The second kappa shape index (κ2) is 6.35. The van der Waals surface area contributed by atoms with Crippen LogP contribution in [0.4, 0.5) is 0 Å². The van der Waals surface area contributed by atoms with Gasteiger partial charge in [0.2, 0.25) is 0 Å². The fourth-order valence-electron chi connectivity index (χ4n) is 3.57. The van der Waals surface area contributed by atoms with Crippen molar-refractivity contribution in [1.29, 1.82) is 0 Å². The molecule has 0 fully saturated rings. The number of nitrogens with zero attached hydrogens (tertiary/aromatic N) is 5. The van der Waals surface area contributed by atoms with Gasteiger partial charge in [0, 0.05) is 72.7 Å². The molecule has 5 aromatic heterocycles. The van der Waals surface area contributed by atoms with Crippen LogP contribution in [0.3, 0.4) is 0 Å². The van der Waals surface area contributed by atoms with E-state index in [2.05, 4.69) is 15.0 Å². The van der Waals surface area contributed by atoms with Crippen LogP contribution in [0.2, 0.25) is 0 Å². The number of fused-ring (bicyclic) bond motifs is 1. The molecule has 28 heavy (non-hydrogen) atoms. The lowest BCUT2D eigenvalue weighted by atomic mass is 10.0. The van der Waals surface area contributed by atoms with Gasteiger partial charge in [-0.05, 0) is 24.3 Å². The van der Waals surface area contributed by atoms with E-state index in [9.17, 15) is 5.11 Å². The minimum atomic E-state index is 0.177. The first-order valence-electron chi connectivity index (χ1n) is 8.89. The zero-order chi connectivity index (χ0) is 19.1. The van der Waals surface area contributed by atoms with Crippen molar-refractivity contribution in [2.75, 3.05) is 0 Å². The van der Waals surface area contributed by atoms with E-state index in [4.69, 9.17) is 0 Å². The Bertz CT molecular complexity index is 1270. The van der Waals surface area contributed by atoms with Crippen LogP contribution >= 0.6 is 0 Å². The summed E-state index contributed by atoms with van der Waals surface area (Å²) in [5, 5.41) is 10.9. The molecule has 1 N–H and O–H groups in total. The third kappa shape index (κ3) is 2.54. The Hall–Kier alpha value is -3.93. The van der Waals surface area contributed by atoms with Crippen LogP contribution in [-0.4, -0.2) is 29.0 Å². The first-order chi connectivity index (χ1) is 13.7. The molecule has 5 heterocycles. The molecule has 0 saturated heterocycles. The summed E-state index contributed by atoms with van der Waals surface area (Å²) in [6, 6.07) is 11.4. The van der Waals surface area contributed by atoms with E-state index in [1.54, 1.807) is 24.7 Å². The first kappa shape index (κ1) is 16.3. The largest absolute Gasteiger partial charge is 0.506 e. The van der Waals surface area contributed by atoms with Gasteiger partial charge in [-0.2, -0.15) is 0 Å². The molecule has 6 nitrogen and oxygen atoms in total. The van der Waals surface area contributed by atoms with E-state index in [-0.39, 0.29) is 5.75 Å². The van der Waals surface area contributed by atoms with Gasteiger partial charge in [-0.15, -0.1) is 0 Å². The highest BCUT2D eigenvalue weighted by molar-refractivity contribution is 5.96. The molecule has 0 aliphatic carbocycles. The highest BCUT2D eigenvalue weighted by Crippen LogP contribution is 2.40. The number of hydrogen-bond donors (Lipinski definition) is 1. The maximum atomic E-state index is 10.9. The Labute approximate surface area is 161 Å². The Morgan fingerprint density at radius 1 is 0.929 bits per heavy atom. The third-order valence-electron chi connectivity index (χ3n) is 4.82. The zero-order valence-electron chi connectivity index (χ0n) is 15.2. The van der Waals surface area contributed by atoms with E-state index in [1.807, 2.05) is 71.1 Å². The number of imidazole rings is 1. The lowest BCUT2D eigenvalue weighted by Gasteiger charge is -2.08. The number of aromatic nitrogens is 5. The average molecular weight is 367 g/mol. The summed E-state index contributed by atoms with van der Waals surface area (Å²) in [7, 11) is 1.93.